The first-order valence-corrected chi connectivity index (χ1v) is 7.14. The Balaban J connectivity index is 0.00000180. The molecule has 0 bridgehead atoms. The van der Waals surface area contributed by atoms with Crippen LogP contribution in [0.25, 0.3) is 0 Å². The Labute approximate surface area is 123 Å². The quantitative estimate of drug-likeness (QED) is 0.920. The highest BCUT2D eigenvalue weighted by molar-refractivity contribution is 5.85. The Morgan fingerprint density at radius 3 is 2.74 bits per heavy atom. The number of hydrogen-bond acceptors (Lipinski definition) is 2. The predicted molar refractivity (Wildman–Crippen MR) is 84.9 cm³/mol. The normalized spacial score (nSPS) is 21.8. The molecule has 19 heavy (non-hydrogen) atoms. The first-order chi connectivity index (χ1) is 8.59. The number of aryl methyl sites for hydroxylation is 1. The average molecular weight is 283 g/mol. The summed E-state index contributed by atoms with van der Waals surface area (Å²) in [7, 11) is 0. The first-order valence-electron chi connectivity index (χ1n) is 7.14. The van der Waals surface area contributed by atoms with Crippen LogP contribution in [0.4, 0.5) is 0 Å². The van der Waals surface area contributed by atoms with Crippen molar-refractivity contribution in [3.05, 3.63) is 34.9 Å². The molecule has 1 aromatic carbocycles. The summed E-state index contributed by atoms with van der Waals surface area (Å²) in [6.45, 7) is 8.82. The van der Waals surface area contributed by atoms with Crippen LogP contribution in [0.3, 0.4) is 0 Å². The third-order valence-electron chi connectivity index (χ3n) is 4.36. The second kappa shape index (κ2) is 7.28. The van der Waals surface area contributed by atoms with Gasteiger partial charge in [-0.1, -0.05) is 24.6 Å². The van der Waals surface area contributed by atoms with Gasteiger partial charge >= 0.3 is 0 Å². The van der Waals surface area contributed by atoms with Crippen LogP contribution in [0.2, 0.25) is 0 Å². The maximum atomic E-state index is 6.14. The van der Waals surface area contributed by atoms with E-state index in [0.717, 1.165) is 6.54 Å². The van der Waals surface area contributed by atoms with Gasteiger partial charge in [-0.25, -0.2) is 0 Å². The lowest BCUT2D eigenvalue weighted by Gasteiger charge is -2.38. The van der Waals surface area contributed by atoms with Crippen LogP contribution >= 0.6 is 12.4 Å². The van der Waals surface area contributed by atoms with Gasteiger partial charge in [0.2, 0.25) is 0 Å². The molecule has 1 aliphatic rings. The van der Waals surface area contributed by atoms with Gasteiger partial charge in [-0.2, -0.15) is 0 Å². The van der Waals surface area contributed by atoms with Crippen molar-refractivity contribution in [2.24, 2.45) is 5.73 Å². The molecule has 0 aromatic heterocycles. The average Bonchev–Trinajstić information content (AvgIpc) is 2.35. The van der Waals surface area contributed by atoms with Crippen molar-refractivity contribution in [1.29, 1.82) is 0 Å². The van der Waals surface area contributed by atoms with Crippen LogP contribution in [-0.2, 0) is 6.54 Å². The zero-order chi connectivity index (χ0) is 13.1. The summed E-state index contributed by atoms with van der Waals surface area (Å²) >= 11 is 0. The topological polar surface area (TPSA) is 29.3 Å². The van der Waals surface area contributed by atoms with Crippen molar-refractivity contribution in [2.45, 2.75) is 58.7 Å². The fraction of sp³-hybridized carbons (Fsp3) is 0.625. The Morgan fingerprint density at radius 2 is 2.05 bits per heavy atom. The lowest BCUT2D eigenvalue weighted by molar-refractivity contribution is 0.123. The van der Waals surface area contributed by atoms with E-state index in [-0.39, 0.29) is 18.4 Å². The van der Waals surface area contributed by atoms with Gasteiger partial charge in [0.05, 0.1) is 0 Å². The van der Waals surface area contributed by atoms with E-state index in [0.29, 0.717) is 6.04 Å². The molecule has 1 fully saturated rings. The van der Waals surface area contributed by atoms with Crippen molar-refractivity contribution in [3.63, 3.8) is 0 Å². The van der Waals surface area contributed by atoms with E-state index in [9.17, 15) is 0 Å². The smallest absolute Gasteiger partial charge is 0.0248 e. The maximum absolute atomic E-state index is 6.14. The molecule has 1 aromatic rings. The third kappa shape index (κ3) is 3.95. The third-order valence-corrected chi connectivity index (χ3v) is 4.36. The molecule has 2 atom stereocenters. The second-order valence-electron chi connectivity index (χ2n) is 5.75. The minimum atomic E-state index is 0. The second-order valence-corrected chi connectivity index (χ2v) is 5.75. The van der Waals surface area contributed by atoms with Crippen molar-refractivity contribution >= 4 is 12.4 Å². The highest BCUT2D eigenvalue weighted by Gasteiger charge is 2.25. The van der Waals surface area contributed by atoms with Crippen molar-refractivity contribution in [3.8, 4) is 0 Å². The number of benzene rings is 1. The van der Waals surface area contributed by atoms with E-state index in [1.807, 2.05) is 0 Å². The summed E-state index contributed by atoms with van der Waals surface area (Å²) in [5, 5.41) is 0. The number of nitrogens with zero attached hydrogens (tertiary/aromatic N) is 1. The Morgan fingerprint density at radius 1 is 1.32 bits per heavy atom. The maximum Gasteiger partial charge on any atom is 0.0248 e. The summed E-state index contributed by atoms with van der Waals surface area (Å²) in [5.74, 6) is 0. The van der Waals surface area contributed by atoms with Gasteiger partial charge in [0.1, 0.15) is 0 Å². The molecule has 108 valence electrons. The highest BCUT2D eigenvalue weighted by atomic mass is 35.5. The molecule has 0 amide bonds. The highest BCUT2D eigenvalue weighted by Crippen LogP contribution is 2.23. The van der Waals surface area contributed by atoms with Gasteiger partial charge in [0.15, 0.2) is 0 Å². The van der Waals surface area contributed by atoms with E-state index >= 15 is 0 Å². The Kier molecular flexibility index (Phi) is 6.31. The fourth-order valence-electron chi connectivity index (χ4n) is 3.01. The minimum Gasteiger partial charge on any atom is -0.327 e. The predicted octanol–water partition coefficient (Wildman–Crippen LogP) is 3.43. The molecule has 2 unspecified atom stereocenters. The minimum absolute atomic E-state index is 0. The number of nitrogens with two attached hydrogens (primary N) is 1. The van der Waals surface area contributed by atoms with E-state index in [1.165, 1.54) is 42.5 Å². The van der Waals surface area contributed by atoms with Gasteiger partial charge < -0.3 is 5.73 Å². The molecule has 1 saturated heterocycles. The number of likely N-dealkylation sites (tertiary alicyclic amines) is 1. The number of hydrogen-bond donors (Lipinski definition) is 1. The molecule has 3 heteroatoms. The molecule has 1 heterocycles. The molecule has 0 aliphatic carbocycles. The summed E-state index contributed by atoms with van der Waals surface area (Å²) in [5.41, 5.74) is 10.4. The number of rotatable bonds is 3. The van der Waals surface area contributed by atoms with Crippen molar-refractivity contribution in [1.82, 2.24) is 4.90 Å². The zero-order valence-electron chi connectivity index (χ0n) is 12.4. The Bertz CT molecular complexity index is 404. The fourth-order valence-corrected chi connectivity index (χ4v) is 3.01. The zero-order valence-corrected chi connectivity index (χ0v) is 13.2. The summed E-state index contributed by atoms with van der Waals surface area (Å²) in [6.07, 6.45) is 3.89. The van der Waals surface area contributed by atoms with Crippen molar-refractivity contribution < 1.29 is 0 Å². The van der Waals surface area contributed by atoms with Crippen LogP contribution in [-0.4, -0.2) is 23.5 Å². The van der Waals surface area contributed by atoms with Crippen LogP contribution in [0.5, 0.6) is 0 Å². The Hall–Kier alpha value is -0.570. The SMILES string of the molecule is Cc1cccc(CN2CCCCC2C(C)N)c1C.Cl. The lowest BCUT2D eigenvalue weighted by Crippen LogP contribution is -2.48. The summed E-state index contributed by atoms with van der Waals surface area (Å²) < 4.78 is 0. The molecule has 0 spiro atoms. The van der Waals surface area contributed by atoms with Gasteiger partial charge in [0, 0.05) is 18.6 Å². The van der Waals surface area contributed by atoms with E-state index < -0.39 is 0 Å². The molecular formula is C16H27ClN2. The molecule has 0 radical (unpaired) electrons. The van der Waals surface area contributed by atoms with Gasteiger partial charge in [-0.05, 0) is 56.8 Å². The van der Waals surface area contributed by atoms with E-state index in [4.69, 9.17) is 5.73 Å². The van der Waals surface area contributed by atoms with Gasteiger partial charge in [-0.15, -0.1) is 12.4 Å². The van der Waals surface area contributed by atoms with Gasteiger partial charge in [0.25, 0.3) is 0 Å². The number of piperidine rings is 1. The summed E-state index contributed by atoms with van der Waals surface area (Å²) in [6, 6.07) is 7.45. The van der Waals surface area contributed by atoms with Crippen molar-refractivity contribution in [2.75, 3.05) is 6.54 Å². The molecule has 2 N–H and O–H groups in total. The van der Waals surface area contributed by atoms with Crippen LogP contribution < -0.4 is 5.73 Å². The first kappa shape index (κ1) is 16.5. The molecular weight excluding hydrogens is 256 g/mol. The van der Waals surface area contributed by atoms with Gasteiger partial charge in [-0.3, -0.25) is 4.90 Å². The molecule has 1 aliphatic heterocycles. The molecule has 2 rings (SSSR count). The van der Waals surface area contributed by atoms with Crippen LogP contribution in [0.1, 0.15) is 42.9 Å². The van der Waals surface area contributed by atoms with Crippen LogP contribution in [0, 0.1) is 13.8 Å². The summed E-state index contributed by atoms with van der Waals surface area (Å²) in [4.78, 5) is 2.58. The van der Waals surface area contributed by atoms with E-state index in [2.05, 4.69) is 43.9 Å². The largest absolute Gasteiger partial charge is 0.327 e. The monoisotopic (exact) mass is 282 g/mol. The van der Waals surface area contributed by atoms with E-state index in [1.54, 1.807) is 0 Å². The molecule has 0 saturated carbocycles. The number of halogens is 1. The molecule has 2 nitrogen and oxygen atoms in total. The lowest BCUT2D eigenvalue weighted by atomic mass is 9.95. The van der Waals surface area contributed by atoms with Crippen LogP contribution in [0.15, 0.2) is 18.2 Å². The standard InChI is InChI=1S/C16H26N2.ClH/c1-12-7-6-8-15(13(12)2)11-18-10-5-4-9-16(18)14(3)17;/h6-8,14,16H,4-5,9-11,17H2,1-3H3;1H.